The topological polar surface area (TPSA) is 50.3 Å². The highest BCUT2D eigenvalue weighted by Gasteiger charge is 2.26. The highest BCUT2D eigenvalue weighted by molar-refractivity contribution is 6.31. The van der Waals surface area contributed by atoms with Crippen LogP contribution in [0.2, 0.25) is 10.0 Å². The number of aromatic nitrogens is 1. The minimum Gasteiger partial charge on any atom is -0.268 e. The average Bonchev–Trinajstić information content (AvgIpc) is 2.64. The summed E-state index contributed by atoms with van der Waals surface area (Å²) in [5.41, 5.74) is 0.662. The zero-order valence-electron chi connectivity index (χ0n) is 12.9. The van der Waals surface area contributed by atoms with E-state index in [4.69, 9.17) is 23.2 Å². The summed E-state index contributed by atoms with van der Waals surface area (Å²) in [4.78, 5) is 31.0. The van der Waals surface area contributed by atoms with Crippen molar-refractivity contribution in [1.29, 1.82) is 0 Å². The maximum absolute atomic E-state index is 12.9. The Kier molecular flexibility index (Phi) is 5.12. The second kappa shape index (κ2) is 7.47. The molecule has 0 bridgehead atoms. The number of nitrogens with zero attached hydrogens (tertiary/aromatic N) is 2. The van der Waals surface area contributed by atoms with Gasteiger partial charge in [-0.1, -0.05) is 29.3 Å². The first-order valence-electron chi connectivity index (χ1n) is 7.37. The molecular weight excluding hydrogens is 359 g/mol. The smallest absolute Gasteiger partial charge is 0.266 e. The fourth-order valence-corrected chi connectivity index (χ4v) is 2.48. The van der Waals surface area contributed by atoms with E-state index in [2.05, 4.69) is 4.98 Å². The first-order valence-corrected chi connectivity index (χ1v) is 8.13. The quantitative estimate of drug-likeness (QED) is 0.617. The van der Waals surface area contributed by atoms with Crippen molar-refractivity contribution in [1.82, 2.24) is 4.98 Å². The van der Waals surface area contributed by atoms with Crippen molar-refractivity contribution in [3.63, 3.8) is 0 Å². The van der Waals surface area contributed by atoms with Crippen molar-refractivity contribution in [2.75, 3.05) is 4.90 Å². The minimum absolute atomic E-state index is 0.238. The molecule has 2 aromatic carbocycles. The molecule has 0 saturated carbocycles. The van der Waals surface area contributed by atoms with Crippen molar-refractivity contribution in [2.45, 2.75) is 0 Å². The molecule has 0 aliphatic heterocycles. The van der Waals surface area contributed by atoms with Gasteiger partial charge in [0.25, 0.3) is 11.8 Å². The molecule has 6 heteroatoms. The van der Waals surface area contributed by atoms with Crippen molar-refractivity contribution < 1.29 is 9.59 Å². The Morgan fingerprint density at radius 2 is 1.20 bits per heavy atom. The highest BCUT2D eigenvalue weighted by atomic mass is 35.5. The van der Waals surface area contributed by atoms with Crippen molar-refractivity contribution in [2.24, 2.45) is 0 Å². The number of hydrogen-bond donors (Lipinski definition) is 0. The van der Waals surface area contributed by atoms with Crippen LogP contribution in [0.25, 0.3) is 0 Å². The number of amides is 2. The van der Waals surface area contributed by atoms with Gasteiger partial charge in [0.2, 0.25) is 0 Å². The van der Waals surface area contributed by atoms with E-state index < -0.39 is 11.8 Å². The van der Waals surface area contributed by atoms with Gasteiger partial charge in [-0.05, 0) is 60.7 Å². The van der Waals surface area contributed by atoms with Gasteiger partial charge in [-0.25, -0.2) is 9.88 Å². The predicted molar refractivity (Wildman–Crippen MR) is 98.3 cm³/mol. The van der Waals surface area contributed by atoms with Gasteiger partial charge in [0, 0.05) is 27.4 Å². The minimum atomic E-state index is -0.490. The van der Waals surface area contributed by atoms with E-state index in [1.54, 1.807) is 66.7 Å². The summed E-state index contributed by atoms with van der Waals surface area (Å²) < 4.78 is 0. The Balaban J connectivity index is 2.03. The zero-order valence-corrected chi connectivity index (χ0v) is 14.4. The van der Waals surface area contributed by atoms with Crippen LogP contribution in [0.3, 0.4) is 0 Å². The molecule has 0 saturated heterocycles. The zero-order chi connectivity index (χ0) is 17.8. The molecule has 0 radical (unpaired) electrons. The first kappa shape index (κ1) is 17.1. The molecule has 3 rings (SSSR count). The second-order valence-corrected chi connectivity index (χ2v) is 6.02. The van der Waals surface area contributed by atoms with Crippen LogP contribution >= 0.6 is 23.2 Å². The van der Waals surface area contributed by atoms with E-state index >= 15 is 0 Å². The Bertz CT molecular complexity index is 837. The van der Waals surface area contributed by atoms with Crippen LogP contribution in [0.5, 0.6) is 0 Å². The Morgan fingerprint density at radius 1 is 0.720 bits per heavy atom. The lowest BCUT2D eigenvalue weighted by molar-refractivity contribution is 0.0896. The third-order valence-electron chi connectivity index (χ3n) is 3.47. The standard InChI is InChI=1S/C19H12Cl2N2O2/c20-15-8-4-13(5-9-15)18(24)23(17-3-1-2-12-22-17)19(25)14-6-10-16(21)11-7-14/h1-12H. The second-order valence-electron chi connectivity index (χ2n) is 5.15. The van der Waals surface area contributed by atoms with E-state index in [1.165, 1.54) is 6.20 Å². The fraction of sp³-hybridized carbons (Fsp3) is 0. The third-order valence-corrected chi connectivity index (χ3v) is 3.97. The molecule has 4 nitrogen and oxygen atoms in total. The van der Waals surface area contributed by atoms with E-state index in [-0.39, 0.29) is 5.82 Å². The lowest BCUT2D eigenvalue weighted by atomic mass is 10.1. The largest absolute Gasteiger partial charge is 0.268 e. The van der Waals surface area contributed by atoms with Gasteiger partial charge in [0.05, 0.1) is 0 Å². The molecule has 1 heterocycles. The molecule has 0 atom stereocenters. The van der Waals surface area contributed by atoms with E-state index in [1.807, 2.05) is 0 Å². The number of hydrogen-bond acceptors (Lipinski definition) is 3. The summed E-state index contributed by atoms with van der Waals surface area (Å²) in [6.07, 6.45) is 1.52. The summed E-state index contributed by atoms with van der Waals surface area (Å²) in [5.74, 6) is -0.743. The van der Waals surface area contributed by atoms with Gasteiger partial charge in [0.1, 0.15) is 5.82 Å². The summed E-state index contributed by atoms with van der Waals surface area (Å²) >= 11 is 11.7. The monoisotopic (exact) mass is 370 g/mol. The van der Waals surface area contributed by atoms with E-state index in [0.29, 0.717) is 21.2 Å². The van der Waals surface area contributed by atoms with Gasteiger partial charge >= 0.3 is 0 Å². The van der Waals surface area contributed by atoms with Crippen LogP contribution in [0, 0.1) is 0 Å². The predicted octanol–water partition coefficient (Wildman–Crippen LogP) is 4.88. The number of carbonyl (C=O) groups excluding carboxylic acids is 2. The van der Waals surface area contributed by atoms with E-state index in [0.717, 1.165) is 4.90 Å². The number of anilines is 1. The summed E-state index contributed by atoms with van der Waals surface area (Å²) in [6, 6.07) is 17.7. The van der Waals surface area contributed by atoms with Gasteiger partial charge in [-0.3, -0.25) is 9.59 Å². The molecule has 0 fully saturated rings. The molecule has 0 aliphatic rings. The molecule has 1 aromatic heterocycles. The van der Waals surface area contributed by atoms with Gasteiger partial charge < -0.3 is 0 Å². The molecule has 25 heavy (non-hydrogen) atoms. The van der Waals surface area contributed by atoms with Crippen molar-refractivity contribution >= 4 is 40.8 Å². The van der Waals surface area contributed by atoms with E-state index in [9.17, 15) is 9.59 Å². The first-order chi connectivity index (χ1) is 12.1. The number of halogens is 2. The SMILES string of the molecule is O=C(c1ccc(Cl)cc1)N(C(=O)c1ccc(Cl)cc1)c1ccccn1. The maximum Gasteiger partial charge on any atom is 0.266 e. The van der Waals surface area contributed by atoms with Gasteiger partial charge in [0.15, 0.2) is 0 Å². The molecule has 3 aromatic rings. The normalized spacial score (nSPS) is 10.3. The Hall–Kier alpha value is -2.69. The van der Waals surface area contributed by atoms with Gasteiger partial charge in [-0.15, -0.1) is 0 Å². The fourth-order valence-electron chi connectivity index (χ4n) is 2.23. The molecule has 0 N–H and O–H groups in total. The Labute approximate surface area is 154 Å². The third kappa shape index (κ3) is 3.87. The van der Waals surface area contributed by atoms with Crippen LogP contribution in [-0.2, 0) is 0 Å². The Morgan fingerprint density at radius 3 is 1.60 bits per heavy atom. The molecule has 0 spiro atoms. The molecule has 0 unspecified atom stereocenters. The molecular formula is C19H12Cl2N2O2. The van der Waals surface area contributed by atoms with Crippen LogP contribution in [0.4, 0.5) is 5.82 Å². The van der Waals surface area contributed by atoms with Gasteiger partial charge in [-0.2, -0.15) is 0 Å². The number of benzene rings is 2. The number of rotatable bonds is 3. The number of imide groups is 1. The van der Waals surface area contributed by atoms with Crippen molar-refractivity contribution in [3.05, 3.63) is 94.1 Å². The van der Waals surface area contributed by atoms with Crippen LogP contribution in [-0.4, -0.2) is 16.8 Å². The van der Waals surface area contributed by atoms with Crippen LogP contribution < -0.4 is 4.90 Å². The molecule has 2 amide bonds. The average molecular weight is 371 g/mol. The number of pyridine rings is 1. The van der Waals surface area contributed by atoms with Crippen LogP contribution in [0.1, 0.15) is 20.7 Å². The summed E-state index contributed by atoms with van der Waals surface area (Å²) in [6.45, 7) is 0. The van der Waals surface area contributed by atoms with Crippen molar-refractivity contribution in [3.8, 4) is 0 Å². The number of carbonyl (C=O) groups is 2. The van der Waals surface area contributed by atoms with Crippen LogP contribution in [0.15, 0.2) is 72.9 Å². The summed E-state index contributed by atoms with van der Waals surface area (Å²) in [7, 11) is 0. The summed E-state index contributed by atoms with van der Waals surface area (Å²) in [5, 5.41) is 1.01. The maximum atomic E-state index is 12.9. The molecule has 124 valence electrons. The lowest BCUT2D eigenvalue weighted by Crippen LogP contribution is -2.37. The lowest BCUT2D eigenvalue weighted by Gasteiger charge is -2.20. The highest BCUT2D eigenvalue weighted by Crippen LogP contribution is 2.20. The molecule has 0 aliphatic carbocycles.